The molecule has 29 heavy (non-hydrogen) atoms. The van der Waals surface area contributed by atoms with Crippen LogP contribution in [0.25, 0.3) is 0 Å². The zero-order valence-electron chi connectivity index (χ0n) is 15.5. The van der Waals surface area contributed by atoms with E-state index in [1.165, 1.54) is 25.3 Å². The van der Waals surface area contributed by atoms with Gasteiger partial charge in [-0.2, -0.15) is 8.42 Å². The van der Waals surface area contributed by atoms with Crippen LogP contribution in [0.15, 0.2) is 57.8 Å². The van der Waals surface area contributed by atoms with Gasteiger partial charge >= 0.3 is 0 Å². The Morgan fingerprint density at radius 1 is 1.17 bits per heavy atom. The fraction of sp³-hybridized carbons (Fsp3) is 0.263. The van der Waals surface area contributed by atoms with Gasteiger partial charge in [0, 0.05) is 30.5 Å². The zero-order valence-corrected chi connectivity index (χ0v) is 16.3. The van der Waals surface area contributed by atoms with Crippen LogP contribution >= 0.6 is 0 Å². The highest BCUT2D eigenvalue weighted by Crippen LogP contribution is 2.26. The van der Waals surface area contributed by atoms with Gasteiger partial charge in [-0.05, 0) is 36.4 Å². The number of amides is 1. The molecule has 1 heterocycles. The van der Waals surface area contributed by atoms with Crippen molar-refractivity contribution in [3.8, 4) is 0 Å². The maximum absolute atomic E-state index is 12.8. The highest BCUT2D eigenvalue weighted by atomic mass is 32.2. The molecule has 7 nitrogen and oxygen atoms in total. The van der Waals surface area contributed by atoms with Crippen LogP contribution in [0.2, 0.25) is 0 Å². The number of carbonyl (C=O) groups is 1. The number of sulfonamides is 1. The molecule has 0 aliphatic carbocycles. The minimum Gasteiger partial charge on any atom is -0.383 e. The van der Waals surface area contributed by atoms with Crippen molar-refractivity contribution in [2.24, 2.45) is 4.40 Å². The molecule has 0 bridgehead atoms. The number of fused-ring (bicyclic) bond motifs is 1. The van der Waals surface area contributed by atoms with Gasteiger partial charge < -0.3 is 15.0 Å². The maximum atomic E-state index is 12.8. The van der Waals surface area contributed by atoms with Gasteiger partial charge in [0.2, 0.25) is 0 Å². The first-order chi connectivity index (χ1) is 13.8. The number of anilines is 1. The Bertz CT molecular complexity index is 1020. The Balaban J connectivity index is 1.76. The average molecular weight is 423 g/mol. The molecule has 0 atom stereocenters. The highest BCUT2D eigenvalue weighted by Gasteiger charge is 2.28. The van der Waals surface area contributed by atoms with Crippen molar-refractivity contribution < 1.29 is 26.7 Å². The van der Waals surface area contributed by atoms with Gasteiger partial charge in [0.05, 0.1) is 13.2 Å². The summed E-state index contributed by atoms with van der Waals surface area (Å²) >= 11 is 0. The quantitative estimate of drug-likeness (QED) is 0.740. The van der Waals surface area contributed by atoms with Gasteiger partial charge in [-0.1, -0.05) is 12.1 Å². The number of carbonyl (C=O) groups excluding carboxylic acids is 1. The summed E-state index contributed by atoms with van der Waals surface area (Å²) in [5.41, 5.74) is 1.19. The van der Waals surface area contributed by atoms with Crippen molar-refractivity contribution in [1.82, 2.24) is 4.90 Å². The molecule has 1 amide bonds. The normalized spacial score (nSPS) is 14.4. The van der Waals surface area contributed by atoms with Crippen LogP contribution in [0.3, 0.4) is 0 Å². The van der Waals surface area contributed by atoms with E-state index in [-0.39, 0.29) is 29.4 Å². The summed E-state index contributed by atoms with van der Waals surface area (Å²) in [6.45, 7) is -0.495. The number of methoxy groups -OCH3 is 1. The van der Waals surface area contributed by atoms with Gasteiger partial charge in [0.25, 0.3) is 22.4 Å². The second-order valence-electron chi connectivity index (χ2n) is 6.25. The topological polar surface area (TPSA) is 88.1 Å². The van der Waals surface area contributed by atoms with Crippen LogP contribution in [-0.4, -0.2) is 58.3 Å². The van der Waals surface area contributed by atoms with E-state index in [9.17, 15) is 22.0 Å². The van der Waals surface area contributed by atoms with Crippen molar-refractivity contribution in [1.29, 1.82) is 0 Å². The third-order valence-corrected chi connectivity index (χ3v) is 5.57. The summed E-state index contributed by atoms with van der Waals surface area (Å²) in [4.78, 5) is 13.7. The zero-order chi connectivity index (χ0) is 21.0. The molecular formula is C19H19F2N3O4S. The number of hydrogen-bond acceptors (Lipinski definition) is 5. The van der Waals surface area contributed by atoms with E-state index < -0.39 is 28.9 Å². The summed E-state index contributed by atoms with van der Waals surface area (Å²) in [6, 6.07) is 12.5. The molecular weight excluding hydrogens is 404 g/mol. The summed E-state index contributed by atoms with van der Waals surface area (Å²) in [5.74, 6) is -0.362. The molecule has 3 rings (SSSR count). The lowest BCUT2D eigenvalue weighted by atomic mass is 10.1. The second kappa shape index (κ2) is 8.66. The molecule has 1 aliphatic rings. The summed E-state index contributed by atoms with van der Waals surface area (Å²) in [6.07, 6.45) is -2.65. The number of ether oxygens (including phenoxy) is 1. The first-order valence-electron chi connectivity index (χ1n) is 8.69. The predicted octanol–water partition coefficient (Wildman–Crippen LogP) is 2.60. The number of hydrogen-bond donors (Lipinski definition) is 1. The fourth-order valence-corrected chi connectivity index (χ4v) is 4.03. The number of alkyl halides is 2. The molecule has 0 fully saturated rings. The molecule has 0 unspecified atom stereocenters. The minimum absolute atomic E-state index is 0.0468. The van der Waals surface area contributed by atoms with Crippen molar-refractivity contribution in [3.63, 3.8) is 0 Å². The molecule has 2 aromatic rings. The largest absolute Gasteiger partial charge is 0.383 e. The van der Waals surface area contributed by atoms with Crippen LogP contribution in [0.5, 0.6) is 0 Å². The smallest absolute Gasteiger partial charge is 0.285 e. The van der Waals surface area contributed by atoms with E-state index in [2.05, 4.69) is 9.71 Å². The van der Waals surface area contributed by atoms with Gasteiger partial charge in [0.1, 0.15) is 4.90 Å². The summed E-state index contributed by atoms with van der Waals surface area (Å²) in [5, 5.41) is 2.92. The molecule has 0 aromatic heterocycles. The lowest BCUT2D eigenvalue weighted by molar-refractivity contribution is 0.0478. The van der Waals surface area contributed by atoms with Crippen LogP contribution in [0.4, 0.5) is 14.5 Å². The first-order valence-corrected chi connectivity index (χ1v) is 10.1. The van der Waals surface area contributed by atoms with E-state index in [0.29, 0.717) is 11.3 Å². The number of nitrogens with one attached hydrogen (secondary N) is 1. The number of rotatable bonds is 7. The molecule has 0 saturated carbocycles. The molecule has 0 radical (unpaired) electrons. The molecule has 0 saturated heterocycles. The van der Waals surface area contributed by atoms with Gasteiger partial charge in [-0.15, -0.1) is 4.40 Å². The number of amidine groups is 1. The van der Waals surface area contributed by atoms with Crippen LogP contribution in [0, 0.1) is 0 Å². The Morgan fingerprint density at radius 3 is 2.52 bits per heavy atom. The monoisotopic (exact) mass is 423 g/mol. The average Bonchev–Trinajstić information content (AvgIpc) is 2.95. The van der Waals surface area contributed by atoms with E-state index in [1.54, 1.807) is 30.3 Å². The minimum atomic E-state index is -3.75. The predicted molar refractivity (Wildman–Crippen MR) is 104 cm³/mol. The van der Waals surface area contributed by atoms with E-state index in [0.717, 1.165) is 4.90 Å². The number of benzene rings is 2. The first kappa shape index (κ1) is 20.9. The SMILES string of the molecule is COCCN(CC(F)F)C(=O)c1ccc(NC2=NS(=O)(=O)c3ccccc32)cc1. The summed E-state index contributed by atoms with van der Waals surface area (Å²) in [7, 11) is -2.32. The number of nitrogens with zero attached hydrogens (tertiary/aromatic N) is 2. The van der Waals surface area contributed by atoms with Crippen molar-refractivity contribution >= 4 is 27.5 Å². The van der Waals surface area contributed by atoms with E-state index >= 15 is 0 Å². The van der Waals surface area contributed by atoms with E-state index in [4.69, 9.17) is 4.74 Å². The van der Waals surface area contributed by atoms with E-state index in [1.807, 2.05) is 0 Å². The third kappa shape index (κ3) is 4.77. The van der Waals surface area contributed by atoms with Crippen LogP contribution in [-0.2, 0) is 14.8 Å². The van der Waals surface area contributed by atoms with Crippen molar-refractivity contribution in [3.05, 3.63) is 59.7 Å². The Labute approximate surface area is 167 Å². The highest BCUT2D eigenvalue weighted by molar-refractivity contribution is 7.90. The molecule has 154 valence electrons. The van der Waals surface area contributed by atoms with Gasteiger partial charge in [0.15, 0.2) is 5.84 Å². The second-order valence-corrected chi connectivity index (χ2v) is 7.82. The Kier molecular flexibility index (Phi) is 6.23. The fourth-order valence-electron chi connectivity index (χ4n) is 2.86. The molecule has 1 aliphatic heterocycles. The molecule has 10 heteroatoms. The van der Waals surface area contributed by atoms with Gasteiger partial charge in [-0.25, -0.2) is 8.78 Å². The Hall–Kier alpha value is -2.85. The van der Waals surface area contributed by atoms with Crippen LogP contribution < -0.4 is 5.32 Å². The molecule has 0 spiro atoms. The van der Waals surface area contributed by atoms with Crippen molar-refractivity contribution in [2.75, 3.05) is 32.1 Å². The molecule has 2 aromatic carbocycles. The van der Waals surface area contributed by atoms with Gasteiger partial charge in [-0.3, -0.25) is 4.79 Å². The Morgan fingerprint density at radius 2 is 1.86 bits per heavy atom. The standard InChI is InChI=1S/C19H19F2N3O4S/c1-28-11-10-24(12-17(20)21)19(25)13-6-8-14(9-7-13)22-18-15-4-2-3-5-16(15)29(26,27)23-18/h2-9,17H,10-12H2,1H3,(H,22,23). The molecule has 1 N–H and O–H groups in total. The lowest BCUT2D eigenvalue weighted by Crippen LogP contribution is -2.37. The lowest BCUT2D eigenvalue weighted by Gasteiger charge is -2.22. The number of halogens is 2. The summed E-state index contributed by atoms with van der Waals surface area (Å²) < 4.78 is 58.3. The third-order valence-electron chi connectivity index (χ3n) is 4.24. The maximum Gasteiger partial charge on any atom is 0.285 e. The van der Waals surface area contributed by atoms with Crippen molar-refractivity contribution in [2.45, 2.75) is 11.3 Å². The van der Waals surface area contributed by atoms with Crippen LogP contribution in [0.1, 0.15) is 15.9 Å².